The van der Waals surface area contributed by atoms with Crippen LogP contribution >= 0.6 is 11.6 Å². The van der Waals surface area contributed by atoms with Gasteiger partial charge < -0.3 is 4.74 Å². The van der Waals surface area contributed by atoms with Gasteiger partial charge in [-0.25, -0.2) is 13.1 Å². The van der Waals surface area contributed by atoms with Crippen LogP contribution in [0.25, 0.3) is 0 Å². The Morgan fingerprint density at radius 3 is 2.62 bits per heavy atom. The Bertz CT molecular complexity index is 993. The van der Waals surface area contributed by atoms with Crippen LogP contribution in [0.5, 0.6) is 5.75 Å². The molecule has 1 N–H and O–H groups in total. The van der Waals surface area contributed by atoms with Crippen LogP contribution in [-0.4, -0.2) is 45.0 Å². The second-order valence-corrected chi connectivity index (χ2v) is 8.93. The van der Waals surface area contributed by atoms with Crippen LogP contribution in [0.1, 0.15) is 24.4 Å². The molecule has 1 unspecified atom stereocenters. The number of benzene rings is 2. The molecule has 3 rings (SSSR count). The number of hydrogen-bond donors (Lipinski definition) is 1. The lowest BCUT2D eigenvalue weighted by Gasteiger charge is -2.28. The van der Waals surface area contributed by atoms with Crippen molar-refractivity contribution in [1.82, 2.24) is 9.62 Å². The lowest BCUT2D eigenvalue weighted by Crippen LogP contribution is -2.37. The number of rotatable bonds is 8. The van der Waals surface area contributed by atoms with Crippen LogP contribution < -0.4 is 9.46 Å². The highest BCUT2D eigenvalue weighted by Gasteiger charge is 2.29. The van der Waals surface area contributed by atoms with Gasteiger partial charge in [0.15, 0.2) is 4.90 Å². The van der Waals surface area contributed by atoms with Crippen molar-refractivity contribution in [3.05, 3.63) is 63.2 Å². The third-order valence-corrected chi connectivity index (χ3v) is 6.64. The fourth-order valence-electron chi connectivity index (χ4n) is 3.49. The number of nitro benzene ring substituents is 1. The van der Waals surface area contributed by atoms with Crippen LogP contribution in [-0.2, 0) is 10.0 Å². The number of methoxy groups -OCH3 is 1. The topological polar surface area (TPSA) is 102 Å². The Labute approximate surface area is 174 Å². The van der Waals surface area contributed by atoms with Gasteiger partial charge in [0.1, 0.15) is 5.75 Å². The molecule has 0 aromatic heterocycles. The van der Waals surface area contributed by atoms with E-state index in [2.05, 4.69) is 9.62 Å². The second-order valence-electron chi connectivity index (χ2n) is 6.76. The minimum atomic E-state index is -4.11. The van der Waals surface area contributed by atoms with Crippen LogP contribution in [0.15, 0.2) is 47.4 Å². The number of nitro groups is 1. The van der Waals surface area contributed by atoms with Gasteiger partial charge >= 0.3 is 0 Å². The van der Waals surface area contributed by atoms with Crippen LogP contribution in [0.4, 0.5) is 5.69 Å². The number of sulfonamides is 1. The van der Waals surface area contributed by atoms with Gasteiger partial charge in [-0.15, -0.1) is 0 Å². The van der Waals surface area contributed by atoms with Gasteiger partial charge in [-0.1, -0.05) is 23.7 Å². The molecule has 2 aromatic carbocycles. The summed E-state index contributed by atoms with van der Waals surface area (Å²) in [5.74, 6) is 0.683. The summed E-state index contributed by atoms with van der Waals surface area (Å²) in [7, 11) is -2.53. The van der Waals surface area contributed by atoms with Crippen molar-refractivity contribution in [1.29, 1.82) is 0 Å². The van der Waals surface area contributed by atoms with Gasteiger partial charge in [0.05, 0.1) is 12.0 Å². The monoisotopic (exact) mass is 439 g/mol. The summed E-state index contributed by atoms with van der Waals surface area (Å²) in [6.45, 7) is 1.78. The number of halogens is 1. The summed E-state index contributed by atoms with van der Waals surface area (Å²) in [6.07, 6.45) is 2.08. The van der Waals surface area contributed by atoms with E-state index in [-0.39, 0.29) is 17.6 Å². The molecular weight excluding hydrogens is 418 g/mol. The number of likely N-dealkylation sites (tertiary alicyclic amines) is 1. The SMILES string of the molecule is COc1cccc(C(CNS(=O)(=O)c2ccc(Cl)cc2[N+](=O)[O-])N2CCCC2)c1. The quantitative estimate of drug-likeness (QED) is 0.499. The fourth-order valence-corrected chi connectivity index (χ4v) is 4.84. The summed E-state index contributed by atoms with van der Waals surface area (Å²) < 4.78 is 33.5. The van der Waals surface area contributed by atoms with E-state index < -0.39 is 25.5 Å². The first-order chi connectivity index (χ1) is 13.8. The highest BCUT2D eigenvalue weighted by atomic mass is 35.5. The van der Waals surface area contributed by atoms with Gasteiger partial charge in [-0.3, -0.25) is 15.0 Å². The predicted molar refractivity (Wildman–Crippen MR) is 110 cm³/mol. The number of ether oxygens (including phenoxy) is 1. The lowest BCUT2D eigenvalue weighted by molar-refractivity contribution is -0.387. The smallest absolute Gasteiger partial charge is 0.290 e. The van der Waals surface area contributed by atoms with E-state index in [4.69, 9.17) is 16.3 Å². The summed E-state index contributed by atoms with van der Waals surface area (Å²) >= 11 is 5.79. The predicted octanol–water partition coefficient (Wildman–Crippen LogP) is 3.37. The first-order valence-corrected chi connectivity index (χ1v) is 11.0. The maximum absolute atomic E-state index is 12.8. The van der Waals surface area contributed by atoms with E-state index in [0.717, 1.165) is 43.6 Å². The number of hydrogen-bond acceptors (Lipinski definition) is 6. The van der Waals surface area contributed by atoms with Crippen molar-refractivity contribution in [2.75, 3.05) is 26.7 Å². The molecule has 10 heteroatoms. The van der Waals surface area contributed by atoms with E-state index in [1.54, 1.807) is 7.11 Å². The van der Waals surface area contributed by atoms with Gasteiger partial charge in [-0.2, -0.15) is 0 Å². The standard InChI is InChI=1S/C19H22ClN3O5S/c1-28-16-6-4-5-14(11-16)18(22-9-2-3-10-22)13-21-29(26,27)19-8-7-15(20)12-17(19)23(24)25/h4-8,11-12,18,21H,2-3,9-10,13H2,1H3. The molecule has 0 amide bonds. The molecule has 1 aliphatic heterocycles. The Morgan fingerprint density at radius 2 is 1.97 bits per heavy atom. The number of nitrogens with one attached hydrogen (secondary N) is 1. The average molecular weight is 440 g/mol. The lowest BCUT2D eigenvalue weighted by atomic mass is 10.1. The summed E-state index contributed by atoms with van der Waals surface area (Å²) in [6, 6.07) is 10.8. The van der Waals surface area contributed by atoms with Gasteiger partial charge in [0.25, 0.3) is 5.69 Å². The van der Waals surface area contributed by atoms with Gasteiger partial charge in [-0.05, 0) is 55.8 Å². The summed E-state index contributed by atoms with van der Waals surface area (Å²) in [5, 5.41) is 11.4. The van der Waals surface area contributed by atoms with Crippen LogP contribution in [0.2, 0.25) is 5.02 Å². The molecule has 1 heterocycles. The van der Waals surface area contributed by atoms with E-state index in [1.165, 1.54) is 6.07 Å². The molecule has 0 aliphatic carbocycles. The molecule has 0 spiro atoms. The minimum absolute atomic E-state index is 0.0787. The van der Waals surface area contributed by atoms with Crippen molar-refractivity contribution in [2.24, 2.45) is 0 Å². The largest absolute Gasteiger partial charge is 0.497 e. The molecule has 1 aliphatic rings. The molecule has 0 bridgehead atoms. The molecule has 2 aromatic rings. The maximum Gasteiger partial charge on any atom is 0.290 e. The van der Waals surface area contributed by atoms with Crippen molar-refractivity contribution < 1.29 is 18.1 Å². The van der Waals surface area contributed by atoms with Crippen molar-refractivity contribution in [3.8, 4) is 5.75 Å². The third-order valence-electron chi connectivity index (χ3n) is 4.93. The average Bonchev–Trinajstić information content (AvgIpc) is 3.22. The highest BCUT2D eigenvalue weighted by molar-refractivity contribution is 7.89. The first-order valence-electron chi connectivity index (χ1n) is 9.13. The van der Waals surface area contributed by atoms with Gasteiger partial charge in [0, 0.05) is 23.7 Å². The molecule has 8 nitrogen and oxygen atoms in total. The van der Waals surface area contributed by atoms with E-state index >= 15 is 0 Å². The zero-order valence-corrected chi connectivity index (χ0v) is 17.4. The van der Waals surface area contributed by atoms with Crippen molar-refractivity contribution in [2.45, 2.75) is 23.8 Å². The Morgan fingerprint density at radius 1 is 1.24 bits per heavy atom. The molecule has 156 valence electrons. The normalized spacial score (nSPS) is 15.9. The molecular formula is C19H22ClN3O5S. The Balaban J connectivity index is 1.88. The second kappa shape index (κ2) is 9.08. The van der Waals surface area contributed by atoms with Crippen LogP contribution in [0, 0.1) is 10.1 Å². The third kappa shape index (κ3) is 5.05. The zero-order chi connectivity index (χ0) is 21.0. The van der Waals surface area contributed by atoms with Crippen molar-refractivity contribution >= 4 is 27.3 Å². The maximum atomic E-state index is 12.8. The van der Waals surface area contributed by atoms with E-state index in [0.29, 0.717) is 5.75 Å². The molecule has 0 saturated carbocycles. The Hall–Kier alpha value is -2.20. The number of nitrogens with zero attached hydrogens (tertiary/aromatic N) is 2. The fraction of sp³-hybridized carbons (Fsp3) is 0.368. The minimum Gasteiger partial charge on any atom is -0.497 e. The Kier molecular flexibility index (Phi) is 6.74. The molecule has 1 fully saturated rings. The van der Waals surface area contributed by atoms with Crippen molar-refractivity contribution in [3.63, 3.8) is 0 Å². The highest BCUT2D eigenvalue weighted by Crippen LogP contribution is 2.30. The van der Waals surface area contributed by atoms with E-state index in [9.17, 15) is 18.5 Å². The summed E-state index contributed by atoms with van der Waals surface area (Å²) in [4.78, 5) is 12.3. The molecule has 1 saturated heterocycles. The van der Waals surface area contributed by atoms with Crippen LogP contribution in [0.3, 0.4) is 0 Å². The van der Waals surface area contributed by atoms with Gasteiger partial charge in [0.2, 0.25) is 10.0 Å². The molecule has 29 heavy (non-hydrogen) atoms. The summed E-state index contributed by atoms with van der Waals surface area (Å²) in [5.41, 5.74) is 0.364. The van der Waals surface area contributed by atoms with E-state index in [1.807, 2.05) is 24.3 Å². The molecule has 1 atom stereocenters. The first kappa shape index (κ1) is 21.5. The zero-order valence-electron chi connectivity index (χ0n) is 15.9. The molecule has 0 radical (unpaired) electrons.